The van der Waals surface area contributed by atoms with Gasteiger partial charge in [-0.05, 0) is 30.5 Å². The summed E-state index contributed by atoms with van der Waals surface area (Å²) >= 11 is 9.31. The van der Waals surface area contributed by atoms with Crippen molar-refractivity contribution in [1.82, 2.24) is 15.5 Å². The van der Waals surface area contributed by atoms with Gasteiger partial charge in [0.05, 0.1) is 21.1 Å². The molecule has 3 aromatic rings. The standard InChI is InChI=1S/C14H14ClN3S2/c1-9(11-4-5-13(15)20-11)16-7-10-8-17-18-14(10)12-3-2-6-19-12/h2-6,8-9,16H,7H2,1H3,(H,17,18). The molecule has 0 aliphatic carbocycles. The number of aromatic amines is 1. The Balaban J connectivity index is 1.69. The van der Waals surface area contributed by atoms with Crippen molar-refractivity contribution in [2.45, 2.75) is 19.5 Å². The number of nitrogens with one attached hydrogen (secondary N) is 2. The van der Waals surface area contributed by atoms with E-state index in [1.807, 2.05) is 18.3 Å². The van der Waals surface area contributed by atoms with E-state index in [0.717, 1.165) is 16.6 Å². The van der Waals surface area contributed by atoms with Gasteiger partial charge in [0.1, 0.15) is 0 Å². The SMILES string of the molecule is CC(NCc1cn[nH]c1-c1cccs1)c1ccc(Cl)s1. The molecule has 0 spiro atoms. The summed E-state index contributed by atoms with van der Waals surface area (Å²) in [5.74, 6) is 0. The lowest BCUT2D eigenvalue weighted by molar-refractivity contribution is 0.583. The van der Waals surface area contributed by atoms with Crippen LogP contribution in [0.5, 0.6) is 0 Å². The maximum atomic E-state index is 5.97. The third-order valence-corrected chi connectivity index (χ3v) is 5.41. The third-order valence-electron chi connectivity index (χ3n) is 3.10. The average Bonchev–Trinajstić information content (AvgIpc) is 3.16. The van der Waals surface area contributed by atoms with E-state index in [0.29, 0.717) is 0 Å². The van der Waals surface area contributed by atoms with Crippen LogP contribution in [0.15, 0.2) is 35.8 Å². The molecular weight excluding hydrogens is 310 g/mol. The lowest BCUT2D eigenvalue weighted by atomic mass is 10.2. The first kappa shape index (κ1) is 13.8. The van der Waals surface area contributed by atoms with Crippen molar-refractivity contribution in [3.05, 3.63) is 50.6 Å². The average molecular weight is 324 g/mol. The van der Waals surface area contributed by atoms with Crippen molar-refractivity contribution >= 4 is 34.3 Å². The molecule has 2 N–H and O–H groups in total. The van der Waals surface area contributed by atoms with Crippen molar-refractivity contribution in [3.63, 3.8) is 0 Å². The van der Waals surface area contributed by atoms with Crippen molar-refractivity contribution in [1.29, 1.82) is 0 Å². The fourth-order valence-corrected chi connectivity index (χ4v) is 3.85. The molecule has 0 bridgehead atoms. The molecular formula is C14H14ClN3S2. The number of hydrogen-bond donors (Lipinski definition) is 2. The number of H-pyrrole nitrogens is 1. The van der Waals surface area contributed by atoms with Crippen LogP contribution < -0.4 is 5.32 Å². The first-order valence-corrected chi connectivity index (χ1v) is 8.36. The number of hydrogen-bond acceptors (Lipinski definition) is 4. The van der Waals surface area contributed by atoms with Crippen LogP contribution in [0, 0.1) is 0 Å². The van der Waals surface area contributed by atoms with Crippen molar-refractivity contribution in [2.24, 2.45) is 0 Å². The summed E-state index contributed by atoms with van der Waals surface area (Å²) in [6, 6.07) is 8.44. The van der Waals surface area contributed by atoms with Gasteiger partial charge in [0.2, 0.25) is 0 Å². The monoisotopic (exact) mass is 323 g/mol. The van der Waals surface area contributed by atoms with Gasteiger partial charge in [-0.3, -0.25) is 5.10 Å². The van der Waals surface area contributed by atoms with Gasteiger partial charge in [-0.1, -0.05) is 17.7 Å². The zero-order chi connectivity index (χ0) is 13.9. The molecule has 3 rings (SSSR count). The predicted molar refractivity (Wildman–Crippen MR) is 86.5 cm³/mol. The highest BCUT2D eigenvalue weighted by Crippen LogP contribution is 2.28. The van der Waals surface area contributed by atoms with Gasteiger partial charge < -0.3 is 5.32 Å². The van der Waals surface area contributed by atoms with Crippen molar-refractivity contribution in [3.8, 4) is 10.6 Å². The molecule has 6 heteroatoms. The molecule has 3 heterocycles. The minimum Gasteiger partial charge on any atom is -0.305 e. The van der Waals surface area contributed by atoms with Gasteiger partial charge in [0.15, 0.2) is 0 Å². The van der Waals surface area contributed by atoms with E-state index in [-0.39, 0.29) is 6.04 Å². The van der Waals surface area contributed by atoms with E-state index in [4.69, 9.17) is 11.6 Å². The zero-order valence-electron chi connectivity index (χ0n) is 10.9. The second-order valence-corrected chi connectivity index (χ2v) is 7.19. The molecule has 0 amide bonds. The van der Waals surface area contributed by atoms with Crippen molar-refractivity contribution in [2.75, 3.05) is 0 Å². The van der Waals surface area contributed by atoms with Crippen LogP contribution in [0.25, 0.3) is 10.6 Å². The van der Waals surface area contributed by atoms with Gasteiger partial charge in [0, 0.05) is 23.0 Å². The van der Waals surface area contributed by atoms with Crippen molar-refractivity contribution < 1.29 is 0 Å². The highest BCUT2D eigenvalue weighted by atomic mass is 35.5. The Morgan fingerprint density at radius 1 is 1.40 bits per heavy atom. The van der Waals surface area contributed by atoms with Gasteiger partial charge in [-0.25, -0.2) is 0 Å². The third kappa shape index (κ3) is 2.96. The van der Waals surface area contributed by atoms with Crippen LogP contribution in [0.3, 0.4) is 0 Å². The molecule has 3 aromatic heterocycles. The summed E-state index contributed by atoms with van der Waals surface area (Å²) < 4.78 is 0.830. The molecule has 20 heavy (non-hydrogen) atoms. The van der Waals surface area contributed by atoms with Crippen LogP contribution in [-0.2, 0) is 6.54 Å². The molecule has 3 nitrogen and oxygen atoms in total. The topological polar surface area (TPSA) is 40.7 Å². The smallest absolute Gasteiger partial charge is 0.0931 e. The Bertz CT molecular complexity index is 672. The van der Waals surface area contributed by atoms with Gasteiger partial charge in [0.25, 0.3) is 0 Å². The summed E-state index contributed by atoms with van der Waals surface area (Å²) in [4.78, 5) is 2.46. The molecule has 0 radical (unpaired) electrons. The van der Waals surface area contributed by atoms with E-state index in [1.165, 1.54) is 15.3 Å². The van der Waals surface area contributed by atoms with Gasteiger partial charge >= 0.3 is 0 Å². The first-order valence-electron chi connectivity index (χ1n) is 6.29. The quantitative estimate of drug-likeness (QED) is 0.714. The molecule has 0 aliphatic rings. The molecule has 0 saturated carbocycles. The number of nitrogens with zero attached hydrogens (tertiary/aromatic N) is 1. The largest absolute Gasteiger partial charge is 0.305 e. The lowest BCUT2D eigenvalue weighted by Gasteiger charge is -2.11. The first-order chi connectivity index (χ1) is 9.74. The fourth-order valence-electron chi connectivity index (χ4n) is 2.00. The maximum absolute atomic E-state index is 5.97. The highest BCUT2D eigenvalue weighted by Gasteiger charge is 2.11. The fraction of sp³-hybridized carbons (Fsp3) is 0.214. The number of thiophene rings is 2. The summed E-state index contributed by atoms with van der Waals surface area (Å²) in [6.07, 6.45) is 1.89. The summed E-state index contributed by atoms with van der Waals surface area (Å²) in [6.45, 7) is 2.92. The van der Waals surface area contributed by atoms with Crippen LogP contribution in [0.4, 0.5) is 0 Å². The van der Waals surface area contributed by atoms with E-state index in [2.05, 4.69) is 40.0 Å². The van der Waals surface area contributed by atoms with Crippen LogP contribution >= 0.6 is 34.3 Å². The molecule has 0 aliphatic heterocycles. The summed E-state index contributed by atoms with van der Waals surface area (Å²) in [5.41, 5.74) is 2.28. The van der Waals surface area contributed by atoms with Crippen LogP contribution in [0.1, 0.15) is 23.4 Å². The molecule has 0 aromatic carbocycles. The second-order valence-electron chi connectivity index (χ2n) is 4.49. The van der Waals surface area contributed by atoms with Gasteiger partial charge in [-0.2, -0.15) is 5.10 Å². The molecule has 1 atom stereocenters. The van der Waals surface area contributed by atoms with E-state index in [1.54, 1.807) is 22.7 Å². The summed E-state index contributed by atoms with van der Waals surface area (Å²) in [5, 5.41) is 12.8. The zero-order valence-corrected chi connectivity index (χ0v) is 13.3. The second kappa shape index (κ2) is 6.10. The maximum Gasteiger partial charge on any atom is 0.0931 e. The van der Waals surface area contributed by atoms with E-state index >= 15 is 0 Å². The Morgan fingerprint density at radius 2 is 2.30 bits per heavy atom. The van der Waals surface area contributed by atoms with Crippen LogP contribution in [0.2, 0.25) is 4.34 Å². The van der Waals surface area contributed by atoms with Crippen LogP contribution in [-0.4, -0.2) is 10.2 Å². The predicted octanol–water partition coefficient (Wildman–Crippen LogP) is 4.70. The van der Waals surface area contributed by atoms with Gasteiger partial charge in [-0.15, -0.1) is 22.7 Å². The Kier molecular flexibility index (Phi) is 4.21. The van der Waals surface area contributed by atoms with E-state index in [9.17, 15) is 0 Å². The Morgan fingerprint density at radius 3 is 3.00 bits per heavy atom. The number of halogens is 1. The Labute approximate surface area is 130 Å². The minimum atomic E-state index is 0.276. The number of rotatable bonds is 5. The molecule has 104 valence electrons. The number of aromatic nitrogens is 2. The molecule has 0 fully saturated rings. The summed E-state index contributed by atoms with van der Waals surface area (Å²) in [7, 11) is 0. The molecule has 1 unspecified atom stereocenters. The highest BCUT2D eigenvalue weighted by molar-refractivity contribution is 7.16. The minimum absolute atomic E-state index is 0.276. The molecule has 0 saturated heterocycles. The lowest BCUT2D eigenvalue weighted by Crippen LogP contribution is -2.17. The normalized spacial score (nSPS) is 12.7. The Hall–Kier alpha value is -1.14. The van der Waals surface area contributed by atoms with E-state index < -0.39 is 0 Å².